The molecule has 7 heteroatoms. The van der Waals surface area contributed by atoms with E-state index >= 15 is 0 Å². The molecule has 7 nitrogen and oxygen atoms in total. The van der Waals surface area contributed by atoms with E-state index < -0.39 is 24.1 Å². The molecule has 3 atom stereocenters. The molecule has 110 valence electrons. The number of aliphatic hydroxyl groups is 1. The van der Waals surface area contributed by atoms with E-state index in [4.69, 9.17) is 9.84 Å². The monoisotopic (exact) mass is 274 g/mol. The number of β-amino-alcohol motifs (C(OH)–C–C–N with tert-alkyl or cyclic N) is 1. The summed E-state index contributed by atoms with van der Waals surface area (Å²) in [7, 11) is 1.54. The lowest BCUT2D eigenvalue weighted by atomic mass is 10.1. The number of nitrogens with one attached hydrogen (secondary N) is 1. The van der Waals surface area contributed by atoms with Crippen molar-refractivity contribution in [1.82, 2.24) is 10.2 Å². The average Bonchev–Trinajstić information content (AvgIpc) is 2.70. The zero-order chi connectivity index (χ0) is 14.6. The molecule has 1 fully saturated rings. The highest BCUT2D eigenvalue weighted by molar-refractivity contribution is 5.83. The van der Waals surface area contributed by atoms with E-state index in [9.17, 15) is 14.7 Å². The Hall–Kier alpha value is -1.34. The molecular formula is C12H22N2O5. The van der Waals surface area contributed by atoms with Crippen LogP contribution >= 0.6 is 0 Å². The van der Waals surface area contributed by atoms with Crippen molar-refractivity contribution < 1.29 is 24.5 Å². The third kappa shape index (κ3) is 4.07. The average molecular weight is 274 g/mol. The van der Waals surface area contributed by atoms with Gasteiger partial charge in [0.05, 0.1) is 18.8 Å². The van der Waals surface area contributed by atoms with Crippen molar-refractivity contribution >= 4 is 12.0 Å². The van der Waals surface area contributed by atoms with Gasteiger partial charge in [-0.25, -0.2) is 9.59 Å². The molecule has 0 aromatic heterocycles. The first-order chi connectivity index (χ1) is 8.86. The Morgan fingerprint density at radius 1 is 1.47 bits per heavy atom. The van der Waals surface area contributed by atoms with Crippen molar-refractivity contribution in [3.05, 3.63) is 0 Å². The lowest BCUT2D eigenvalue weighted by molar-refractivity contribution is -0.141. The largest absolute Gasteiger partial charge is 0.480 e. The Bertz CT molecular complexity index is 334. The summed E-state index contributed by atoms with van der Waals surface area (Å²) in [4.78, 5) is 24.3. The van der Waals surface area contributed by atoms with Crippen molar-refractivity contribution in [2.75, 3.05) is 20.3 Å². The summed E-state index contributed by atoms with van der Waals surface area (Å²) in [5, 5.41) is 21.3. The molecule has 1 saturated heterocycles. The highest BCUT2D eigenvalue weighted by Crippen LogP contribution is 2.18. The summed E-state index contributed by atoms with van der Waals surface area (Å²) < 4.78 is 5.03. The molecule has 0 spiro atoms. The van der Waals surface area contributed by atoms with Gasteiger partial charge in [-0.2, -0.15) is 0 Å². The van der Waals surface area contributed by atoms with Gasteiger partial charge in [0, 0.05) is 20.1 Å². The number of urea groups is 1. The summed E-state index contributed by atoms with van der Waals surface area (Å²) in [6.07, 6.45) is -0.717. The number of carboxylic acids is 1. The number of methoxy groups -OCH3 is 1. The molecule has 1 aliphatic rings. The molecule has 2 amide bonds. The van der Waals surface area contributed by atoms with Crippen LogP contribution in [0, 0.1) is 5.92 Å². The Morgan fingerprint density at radius 2 is 2.11 bits per heavy atom. The highest BCUT2D eigenvalue weighted by Gasteiger charge is 2.39. The second-order valence-corrected chi connectivity index (χ2v) is 5.15. The van der Waals surface area contributed by atoms with Crippen molar-refractivity contribution in [3.63, 3.8) is 0 Å². The number of likely N-dealkylation sites (tertiary alicyclic amines) is 1. The van der Waals surface area contributed by atoms with Crippen LogP contribution in [0.25, 0.3) is 0 Å². The molecule has 1 rings (SSSR count). The van der Waals surface area contributed by atoms with E-state index in [0.717, 1.165) is 4.90 Å². The van der Waals surface area contributed by atoms with Gasteiger partial charge >= 0.3 is 12.0 Å². The van der Waals surface area contributed by atoms with Gasteiger partial charge in [-0.15, -0.1) is 0 Å². The summed E-state index contributed by atoms with van der Waals surface area (Å²) in [5.41, 5.74) is 0. The standard InChI is InChI=1S/C12H22N2O5/c1-7(2)9(6-19-3)13-12(18)14-5-8(15)4-10(14)11(16)17/h7-10,15H,4-6H2,1-3H3,(H,13,18)(H,16,17)/t8?,9?,10-/m0/s1. The Labute approximate surface area is 112 Å². The minimum Gasteiger partial charge on any atom is -0.480 e. The summed E-state index contributed by atoms with van der Waals surface area (Å²) in [6, 6.07) is -1.63. The van der Waals surface area contributed by atoms with Crippen molar-refractivity contribution in [2.45, 2.75) is 38.5 Å². The first-order valence-electron chi connectivity index (χ1n) is 6.33. The predicted octanol–water partition coefficient (Wildman–Crippen LogP) is -0.113. The van der Waals surface area contributed by atoms with Crippen LogP contribution in [0.2, 0.25) is 0 Å². The highest BCUT2D eigenvalue weighted by atomic mass is 16.5. The molecule has 0 bridgehead atoms. The Balaban J connectivity index is 2.67. The number of amides is 2. The first kappa shape index (κ1) is 15.7. The number of aliphatic hydroxyl groups excluding tert-OH is 1. The maximum Gasteiger partial charge on any atom is 0.326 e. The van der Waals surface area contributed by atoms with E-state index in [1.54, 1.807) is 7.11 Å². The van der Waals surface area contributed by atoms with Gasteiger partial charge in [0.15, 0.2) is 0 Å². The molecule has 0 saturated carbocycles. The number of ether oxygens (including phenoxy) is 1. The molecule has 0 aromatic carbocycles. The van der Waals surface area contributed by atoms with E-state index in [2.05, 4.69) is 5.32 Å². The van der Waals surface area contributed by atoms with Crippen molar-refractivity contribution in [1.29, 1.82) is 0 Å². The van der Waals surface area contributed by atoms with Gasteiger partial charge in [0.25, 0.3) is 0 Å². The number of rotatable bonds is 5. The predicted molar refractivity (Wildman–Crippen MR) is 67.8 cm³/mol. The van der Waals surface area contributed by atoms with Crippen LogP contribution in [-0.4, -0.2) is 65.6 Å². The molecule has 19 heavy (non-hydrogen) atoms. The number of hydrogen-bond acceptors (Lipinski definition) is 4. The second kappa shape index (κ2) is 6.72. The number of aliphatic carboxylic acids is 1. The molecule has 1 heterocycles. The fraction of sp³-hybridized carbons (Fsp3) is 0.833. The summed E-state index contributed by atoms with van der Waals surface area (Å²) in [5.74, 6) is -0.931. The van der Waals surface area contributed by atoms with Crippen LogP contribution in [0.3, 0.4) is 0 Å². The number of carboxylic acid groups (broad SMARTS) is 1. The molecule has 0 radical (unpaired) electrons. The second-order valence-electron chi connectivity index (χ2n) is 5.15. The van der Waals surface area contributed by atoms with E-state index in [-0.39, 0.29) is 24.9 Å². The van der Waals surface area contributed by atoms with E-state index in [1.807, 2.05) is 13.8 Å². The fourth-order valence-electron chi connectivity index (χ4n) is 2.09. The topological polar surface area (TPSA) is 99.1 Å². The summed E-state index contributed by atoms with van der Waals surface area (Å²) in [6.45, 7) is 4.28. The maximum absolute atomic E-state index is 12.1. The third-order valence-electron chi connectivity index (χ3n) is 3.28. The quantitative estimate of drug-likeness (QED) is 0.649. The molecule has 2 unspecified atom stereocenters. The molecule has 3 N–H and O–H groups in total. The van der Waals surface area contributed by atoms with Gasteiger partial charge in [-0.1, -0.05) is 13.8 Å². The summed E-state index contributed by atoms with van der Waals surface area (Å²) >= 11 is 0. The maximum atomic E-state index is 12.1. The SMILES string of the molecule is COCC(NC(=O)N1CC(O)C[C@H]1C(=O)O)C(C)C. The third-order valence-corrected chi connectivity index (χ3v) is 3.28. The molecule has 0 aliphatic carbocycles. The van der Waals surface area contributed by atoms with Crippen molar-refractivity contribution in [3.8, 4) is 0 Å². The van der Waals surface area contributed by atoms with Gasteiger partial charge in [-0.3, -0.25) is 0 Å². The number of carbonyl (C=O) groups excluding carboxylic acids is 1. The molecule has 0 aromatic rings. The molecule has 1 aliphatic heterocycles. The van der Waals surface area contributed by atoms with Crippen LogP contribution < -0.4 is 5.32 Å². The van der Waals surface area contributed by atoms with Crippen molar-refractivity contribution in [2.24, 2.45) is 5.92 Å². The van der Waals surface area contributed by atoms with Crippen LogP contribution in [0.5, 0.6) is 0 Å². The van der Waals surface area contributed by atoms with Crippen LogP contribution in [-0.2, 0) is 9.53 Å². The minimum absolute atomic E-state index is 0.0423. The number of carbonyl (C=O) groups is 2. The minimum atomic E-state index is -1.10. The smallest absolute Gasteiger partial charge is 0.326 e. The van der Waals surface area contributed by atoms with Gasteiger partial charge in [0.2, 0.25) is 0 Å². The zero-order valence-corrected chi connectivity index (χ0v) is 11.5. The normalized spacial score (nSPS) is 24.6. The Morgan fingerprint density at radius 3 is 2.58 bits per heavy atom. The lowest BCUT2D eigenvalue weighted by Crippen LogP contribution is -2.51. The van der Waals surface area contributed by atoms with Gasteiger partial charge in [0.1, 0.15) is 6.04 Å². The Kier molecular flexibility index (Phi) is 5.56. The van der Waals surface area contributed by atoms with Crippen LogP contribution in [0.15, 0.2) is 0 Å². The number of hydrogen-bond donors (Lipinski definition) is 3. The number of nitrogens with zero attached hydrogens (tertiary/aromatic N) is 1. The first-order valence-corrected chi connectivity index (χ1v) is 6.33. The van der Waals surface area contributed by atoms with Crippen LogP contribution in [0.1, 0.15) is 20.3 Å². The molecular weight excluding hydrogens is 252 g/mol. The van der Waals surface area contributed by atoms with Crippen LogP contribution in [0.4, 0.5) is 4.79 Å². The van der Waals surface area contributed by atoms with E-state index in [1.165, 1.54) is 0 Å². The zero-order valence-electron chi connectivity index (χ0n) is 11.5. The lowest BCUT2D eigenvalue weighted by Gasteiger charge is -2.27. The van der Waals surface area contributed by atoms with E-state index in [0.29, 0.717) is 6.61 Å². The fourth-order valence-corrected chi connectivity index (χ4v) is 2.09. The van der Waals surface area contributed by atoms with Gasteiger partial charge in [-0.05, 0) is 5.92 Å². The van der Waals surface area contributed by atoms with Gasteiger partial charge < -0.3 is 25.2 Å².